The Morgan fingerprint density at radius 2 is 1.89 bits per heavy atom. The Kier molecular flexibility index (Phi) is 6.12. The van der Waals surface area contributed by atoms with Crippen molar-refractivity contribution in [3.63, 3.8) is 0 Å². The molecule has 0 aromatic rings. The molecule has 0 aromatic heterocycles. The third-order valence-corrected chi connectivity index (χ3v) is 3.11. The van der Waals surface area contributed by atoms with E-state index in [9.17, 15) is 9.59 Å². The Labute approximate surface area is 110 Å². The van der Waals surface area contributed by atoms with Crippen LogP contribution < -0.4 is 5.32 Å². The average molecular weight is 255 g/mol. The van der Waals surface area contributed by atoms with Gasteiger partial charge < -0.3 is 10.2 Å². The van der Waals surface area contributed by atoms with E-state index in [4.69, 9.17) is 0 Å². The lowest BCUT2D eigenvalue weighted by atomic mass is 10.2. The molecule has 1 heterocycles. The Balaban J connectivity index is 2.30. The van der Waals surface area contributed by atoms with Gasteiger partial charge in [-0.25, -0.2) is 0 Å². The van der Waals surface area contributed by atoms with E-state index in [2.05, 4.69) is 24.1 Å². The zero-order valence-corrected chi connectivity index (χ0v) is 11.7. The van der Waals surface area contributed by atoms with Crippen LogP contribution >= 0.6 is 0 Å². The van der Waals surface area contributed by atoms with E-state index in [1.165, 1.54) is 0 Å². The molecule has 5 nitrogen and oxygen atoms in total. The summed E-state index contributed by atoms with van der Waals surface area (Å²) in [6.45, 7) is 10.1. The largest absolute Gasteiger partial charge is 0.355 e. The zero-order chi connectivity index (χ0) is 13.5. The fourth-order valence-electron chi connectivity index (χ4n) is 2.02. The van der Waals surface area contributed by atoms with Crippen LogP contribution in [0, 0.1) is 5.92 Å². The minimum Gasteiger partial charge on any atom is -0.355 e. The second-order valence-electron chi connectivity index (χ2n) is 5.33. The quantitative estimate of drug-likeness (QED) is 0.787. The number of nitrogens with zero attached hydrogens (tertiary/aromatic N) is 2. The van der Waals surface area contributed by atoms with Crippen molar-refractivity contribution < 1.29 is 9.59 Å². The molecule has 18 heavy (non-hydrogen) atoms. The molecule has 1 aliphatic heterocycles. The van der Waals surface area contributed by atoms with Gasteiger partial charge in [-0.05, 0) is 12.3 Å². The first-order valence-electron chi connectivity index (χ1n) is 6.73. The van der Waals surface area contributed by atoms with Crippen LogP contribution in [0.15, 0.2) is 0 Å². The lowest BCUT2D eigenvalue weighted by Gasteiger charge is -2.20. The van der Waals surface area contributed by atoms with Crippen molar-refractivity contribution in [2.24, 2.45) is 5.92 Å². The molecule has 0 unspecified atom stereocenters. The van der Waals surface area contributed by atoms with Crippen LogP contribution in [0.25, 0.3) is 0 Å². The van der Waals surface area contributed by atoms with Crippen LogP contribution in [-0.2, 0) is 9.59 Å². The maximum absolute atomic E-state index is 11.7. The highest BCUT2D eigenvalue weighted by molar-refractivity contribution is 5.78. The maximum Gasteiger partial charge on any atom is 0.234 e. The molecule has 5 heteroatoms. The monoisotopic (exact) mass is 255 g/mol. The van der Waals surface area contributed by atoms with Crippen molar-refractivity contribution >= 4 is 11.8 Å². The van der Waals surface area contributed by atoms with Crippen LogP contribution in [0.2, 0.25) is 0 Å². The van der Waals surface area contributed by atoms with E-state index < -0.39 is 0 Å². The van der Waals surface area contributed by atoms with Gasteiger partial charge in [0.15, 0.2) is 0 Å². The zero-order valence-electron chi connectivity index (χ0n) is 11.7. The van der Waals surface area contributed by atoms with Crippen molar-refractivity contribution in [2.75, 3.05) is 39.3 Å². The van der Waals surface area contributed by atoms with Gasteiger partial charge in [-0.3, -0.25) is 14.5 Å². The van der Waals surface area contributed by atoms with Gasteiger partial charge >= 0.3 is 0 Å². The lowest BCUT2D eigenvalue weighted by Crippen LogP contribution is -2.40. The fraction of sp³-hybridized carbons (Fsp3) is 0.846. The molecule has 0 aromatic carbocycles. The molecule has 1 N–H and O–H groups in total. The minimum absolute atomic E-state index is 0.0833. The normalized spacial score (nSPS) is 17.7. The van der Waals surface area contributed by atoms with Gasteiger partial charge in [-0.1, -0.05) is 13.8 Å². The third kappa shape index (κ3) is 5.49. The molecule has 104 valence electrons. The second-order valence-corrected chi connectivity index (χ2v) is 5.33. The summed E-state index contributed by atoms with van der Waals surface area (Å²) in [4.78, 5) is 27.0. The van der Waals surface area contributed by atoms with Crippen molar-refractivity contribution in [3.05, 3.63) is 0 Å². The highest BCUT2D eigenvalue weighted by Crippen LogP contribution is 2.03. The average Bonchev–Trinajstić information content (AvgIpc) is 2.52. The maximum atomic E-state index is 11.7. The smallest absolute Gasteiger partial charge is 0.234 e. The van der Waals surface area contributed by atoms with Crippen LogP contribution in [-0.4, -0.2) is 60.9 Å². The van der Waals surface area contributed by atoms with E-state index in [0.29, 0.717) is 12.5 Å². The fourth-order valence-corrected chi connectivity index (χ4v) is 2.02. The minimum atomic E-state index is 0.0833. The first-order chi connectivity index (χ1) is 8.49. The molecule has 0 bridgehead atoms. The molecule has 0 aliphatic carbocycles. The van der Waals surface area contributed by atoms with E-state index in [-0.39, 0.29) is 11.8 Å². The van der Waals surface area contributed by atoms with Crippen molar-refractivity contribution in [1.29, 1.82) is 0 Å². The summed E-state index contributed by atoms with van der Waals surface area (Å²) in [5, 5.41) is 2.92. The van der Waals surface area contributed by atoms with Gasteiger partial charge in [0, 0.05) is 39.6 Å². The first kappa shape index (κ1) is 15.0. The first-order valence-corrected chi connectivity index (χ1v) is 6.73. The summed E-state index contributed by atoms with van der Waals surface area (Å²) in [5.41, 5.74) is 0. The molecule has 1 saturated heterocycles. The van der Waals surface area contributed by atoms with Gasteiger partial charge in [0.1, 0.15) is 0 Å². The molecule has 2 amide bonds. The molecule has 0 radical (unpaired) electrons. The Bertz CT molecular complexity index is 292. The molecule has 1 fully saturated rings. The number of rotatable bonds is 4. The van der Waals surface area contributed by atoms with Crippen LogP contribution in [0.1, 0.15) is 27.2 Å². The topological polar surface area (TPSA) is 52.7 Å². The van der Waals surface area contributed by atoms with Crippen molar-refractivity contribution in [2.45, 2.75) is 27.2 Å². The molecule has 0 saturated carbocycles. The summed E-state index contributed by atoms with van der Waals surface area (Å²) in [6, 6.07) is 0. The molecule has 1 aliphatic rings. The summed E-state index contributed by atoms with van der Waals surface area (Å²) < 4.78 is 0. The summed E-state index contributed by atoms with van der Waals surface area (Å²) in [6.07, 6.45) is 0.942. The summed E-state index contributed by atoms with van der Waals surface area (Å²) in [5.74, 6) is 0.687. The Hall–Kier alpha value is -1.10. The number of nitrogens with one attached hydrogen (secondary N) is 1. The highest BCUT2D eigenvalue weighted by atomic mass is 16.2. The summed E-state index contributed by atoms with van der Waals surface area (Å²) >= 11 is 0. The number of carbonyl (C=O) groups excluding carboxylic acids is 2. The third-order valence-electron chi connectivity index (χ3n) is 3.11. The van der Waals surface area contributed by atoms with Gasteiger partial charge in [-0.15, -0.1) is 0 Å². The number of hydrogen-bond acceptors (Lipinski definition) is 3. The lowest BCUT2D eigenvalue weighted by molar-refractivity contribution is -0.128. The standard InChI is InChI=1S/C13H25N3O2/c1-11(2)9-14-13(18)10-15-5-4-6-16(8-7-15)12(3)17/h11H,4-10H2,1-3H3,(H,14,18). The highest BCUT2D eigenvalue weighted by Gasteiger charge is 2.18. The van der Waals surface area contributed by atoms with E-state index >= 15 is 0 Å². The van der Waals surface area contributed by atoms with Gasteiger partial charge in [0.2, 0.25) is 11.8 Å². The second kappa shape index (κ2) is 7.36. The molecular formula is C13H25N3O2. The van der Waals surface area contributed by atoms with E-state index in [1.54, 1.807) is 6.92 Å². The molecule has 0 spiro atoms. The van der Waals surface area contributed by atoms with Gasteiger partial charge in [0.05, 0.1) is 6.54 Å². The number of amides is 2. The molecule has 0 atom stereocenters. The summed E-state index contributed by atoms with van der Waals surface area (Å²) in [7, 11) is 0. The Morgan fingerprint density at radius 3 is 2.50 bits per heavy atom. The molecule has 1 rings (SSSR count). The van der Waals surface area contributed by atoms with Gasteiger partial charge in [-0.2, -0.15) is 0 Å². The predicted octanol–water partition coefficient (Wildman–Crippen LogP) is 0.313. The van der Waals surface area contributed by atoms with Crippen LogP contribution in [0.5, 0.6) is 0 Å². The SMILES string of the molecule is CC(=O)N1CCCN(CC(=O)NCC(C)C)CC1. The van der Waals surface area contributed by atoms with Gasteiger partial charge in [0.25, 0.3) is 0 Å². The number of carbonyl (C=O) groups is 2. The number of hydrogen-bond donors (Lipinski definition) is 1. The van der Waals surface area contributed by atoms with Crippen LogP contribution in [0.3, 0.4) is 0 Å². The Morgan fingerprint density at radius 1 is 1.17 bits per heavy atom. The van der Waals surface area contributed by atoms with E-state index in [0.717, 1.165) is 39.1 Å². The van der Waals surface area contributed by atoms with Crippen molar-refractivity contribution in [1.82, 2.24) is 15.1 Å². The van der Waals surface area contributed by atoms with Crippen molar-refractivity contribution in [3.8, 4) is 0 Å². The predicted molar refractivity (Wildman–Crippen MR) is 71.2 cm³/mol. The van der Waals surface area contributed by atoms with E-state index in [1.807, 2.05) is 4.90 Å². The molecular weight excluding hydrogens is 230 g/mol. The van der Waals surface area contributed by atoms with Crippen LogP contribution in [0.4, 0.5) is 0 Å².